The monoisotopic (exact) mass is 249 g/mol. The number of nitrogens with one attached hydrogen (secondary N) is 2. The molecule has 1 aliphatic rings. The summed E-state index contributed by atoms with van der Waals surface area (Å²) in [5.74, 6) is -0.719. The second-order valence-corrected chi connectivity index (χ2v) is 4.06. The van der Waals surface area contributed by atoms with E-state index in [0.29, 0.717) is 6.42 Å². The van der Waals surface area contributed by atoms with Crippen molar-refractivity contribution in [2.24, 2.45) is 5.92 Å². The molecular formula is C10H14F3N3O. The summed E-state index contributed by atoms with van der Waals surface area (Å²) in [4.78, 5) is 11.3. The van der Waals surface area contributed by atoms with Crippen LogP contribution in [-0.2, 0) is 4.79 Å². The molecule has 17 heavy (non-hydrogen) atoms. The predicted octanol–water partition coefficient (Wildman–Crippen LogP) is 0.947. The van der Waals surface area contributed by atoms with Crippen molar-refractivity contribution >= 4 is 5.91 Å². The van der Waals surface area contributed by atoms with E-state index < -0.39 is 18.6 Å². The smallest absolute Gasteiger partial charge is 0.351 e. The predicted molar refractivity (Wildman–Crippen MR) is 53.8 cm³/mol. The molecule has 2 atom stereocenters. The van der Waals surface area contributed by atoms with E-state index in [1.165, 1.54) is 0 Å². The Morgan fingerprint density at radius 2 is 2.12 bits per heavy atom. The van der Waals surface area contributed by atoms with Crippen molar-refractivity contribution < 1.29 is 18.0 Å². The van der Waals surface area contributed by atoms with Crippen molar-refractivity contribution in [2.45, 2.75) is 31.5 Å². The first-order valence-electron chi connectivity index (χ1n) is 5.39. The SMILES string of the molecule is N#CC1CCCC1NC(=O)CNCC(F)(F)F. The second-order valence-electron chi connectivity index (χ2n) is 4.06. The van der Waals surface area contributed by atoms with E-state index in [1.54, 1.807) is 0 Å². The van der Waals surface area contributed by atoms with Gasteiger partial charge in [0.25, 0.3) is 0 Å². The first-order chi connectivity index (χ1) is 7.92. The summed E-state index contributed by atoms with van der Waals surface area (Å²) in [6, 6.07) is 1.86. The zero-order valence-electron chi connectivity index (χ0n) is 9.18. The van der Waals surface area contributed by atoms with Crippen LogP contribution in [-0.4, -0.2) is 31.2 Å². The molecule has 0 heterocycles. The topological polar surface area (TPSA) is 64.9 Å². The Balaban J connectivity index is 2.23. The highest BCUT2D eigenvalue weighted by Gasteiger charge is 2.29. The van der Waals surface area contributed by atoms with Gasteiger partial charge >= 0.3 is 6.18 Å². The van der Waals surface area contributed by atoms with Crippen LogP contribution in [0.15, 0.2) is 0 Å². The van der Waals surface area contributed by atoms with Crippen LogP contribution in [0.1, 0.15) is 19.3 Å². The molecule has 96 valence electrons. The van der Waals surface area contributed by atoms with Crippen molar-refractivity contribution in [2.75, 3.05) is 13.1 Å². The lowest BCUT2D eigenvalue weighted by atomic mass is 10.1. The minimum absolute atomic E-state index is 0.221. The van der Waals surface area contributed by atoms with Gasteiger partial charge in [0.05, 0.1) is 25.1 Å². The molecule has 0 spiro atoms. The number of hydrogen-bond donors (Lipinski definition) is 2. The maximum atomic E-state index is 11.8. The van der Waals surface area contributed by atoms with Gasteiger partial charge in [-0.2, -0.15) is 18.4 Å². The third-order valence-electron chi connectivity index (χ3n) is 2.64. The summed E-state index contributed by atoms with van der Waals surface area (Å²) in [5.41, 5.74) is 0. The maximum absolute atomic E-state index is 11.8. The second kappa shape index (κ2) is 5.87. The van der Waals surface area contributed by atoms with E-state index in [0.717, 1.165) is 12.8 Å². The van der Waals surface area contributed by atoms with Crippen LogP contribution in [0.2, 0.25) is 0 Å². The molecule has 0 saturated heterocycles. The lowest BCUT2D eigenvalue weighted by molar-refractivity contribution is -0.128. The maximum Gasteiger partial charge on any atom is 0.401 e. The fourth-order valence-electron chi connectivity index (χ4n) is 1.86. The molecule has 0 radical (unpaired) electrons. The molecule has 1 saturated carbocycles. The standard InChI is InChI=1S/C10H14F3N3O/c11-10(12,13)6-15-5-9(17)16-8-3-1-2-7(8)4-14/h7-8,15H,1-3,5-6H2,(H,16,17). The molecule has 0 aromatic carbocycles. The molecule has 1 fully saturated rings. The molecule has 0 aromatic rings. The summed E-state index contributed by atoms with van der Waals surface area (Å²) in [5, 5.41) is 13.4. The highest BCUT2D eigenvalue weighted by atomic mass is 19.4. The Kier molecular flexibility index (Phi) is 4.75. The van der Waals surface area contributed by atoms with Gasteiger partial charge in [-0.05, 0) is 19.3 Å². The lowest BCUT2D eigenvalue weighted by Crippen LogP contribution is -2.43. The van der Waals surface area contributed by atoms with Crippen LogP contribution in [0.4, 0.5) is 13.2 Å². The minimum atomic E-state index is -4.32. The van der Waals surface area contributed by atoms with Gasteiger partial charge in [0.2, 0.25) is 5.91 Å². The zero-order valence-corrected chi connectivity index (χ0v) is 9.18. The summed E-state index contributed by atoms with van der Waals surface area (Å²) < 4.78 is 35.4. The third kappa shape index (κ3) is 5.04. The average molecular weight is 249 g/mol. The molecule has 2 N–H and O–H groups in total. The Hall–Kier alpha value is -1.29. The summed E-state index contributed by atoms with van der Waals surface area (Å²) in [7, 11) is 0. The van der Waals surface area contributed by atoms with E-state index in [4.69, 9.17) is 5.26 Å². The lowest BCUT2D eigenvalue weighted by Gasteiger charge is -2.16. The third-order valence-corrected chi connectivity index (χ3v) is 2.64. The van der Waals surface area contributed by atoms with Crippen molar-refractivity contribution in [3.63, 3.8) is 0 Å². The average Bonchev–Trinajstić information content (AvgIpc) is 2.63. The Morgan fingerprint density at radius 3 is 2.71 bits per heavy atom. The molecular weight excluding hydrogens is 235 g/mol. The molecule has 1 rings (SSSR count). The van der Waals surface area contributed by atoms with Gasteiger partial charge in [0.1, 0.15) is 0 Å². The molecule has 1 amide bonds. The van der Waals surface area contributed by atoms with Crippen LogP contribution < -0.4 is 10.6 Å². The first kappa shape index (κ1) is 13.8. The van der Waals surface area contributed by atoms with Gasteiger partial charge in [0.15, 0.2) is 0 Å². The van der Waals surface area contributed by atoms with E-state index >= 15 is 0 Å². The van der Waals surface area contributed by atoms with Crippen LogP contribution in [0.3, 0.4) is 0 Å². The molecule has 2 unspecified atom stereocenters. The summed E-state index contributed by atoms with van der Waals surface area (Å²) >= 11 is 0. The number of alkyl halides is 3. The van der Waals surface area contributed by atoms with Crippen molar-refractivity contribution in [3.8, 4) is 6.07 Å². The molecule has 0 aliphatic heterocycles. The van der Waals surface area contributed by atoms with Crippen LogP contribution in [0, 0.1) is 17.2 Å². The van der Waals surface area contributed by atoms with Gasteiger partial charge in [0, 0.05) is 6.04 Å². The largest absolute Gasteiger partial charge is 0.401 e. The quantitative estimate of drug-likeness (QED) is 0.779. The highest BCUT2D eigenvalue weighted by molar-refractivity contribution is 5.78. The molecule has 0 bridgehead atoms. The van der Waals surface area contributed by atoms with E-state index in [-0.39, 0.29) is 18.5 Å². The highest BCUT2D eigenvalue weighted by Crippen LogP contribution is 2.24. The minimum Gasteiger partial charge on any atom is -0.351 e. The number of halogens is 3. The first-order valence-corrected chi connectivity index (χ1v) is 5.39. The zero-order chi connectivity index (χ0) is 12.9. The van der Waals surface area contributed by atoms with Gasteiger partial charge in [-0.15, -0.1) is 0 Å². The van der Waals surface area contributed by atoms with Crippen molar-refractivity contribution in [1.82, 2.24) is 10.6 Å². The van der Waals surface area contributed by atoms with E-state index in [9.17, 15) is 18.0 Å². The van der Waals surface area contributed by atoms with Crippen LogP contribution >= 0.6 is 0 Å². The Labute approximate surface area is 97.2 Å². The Bertz CT molecular complexity index is 311. The van der Waals surface area contributed by atoms with Gasteiger partial charge in [-0.1, -0.05) is 0 Å². The molecule has 0 aromatic heterocycles. The number of nitriles is 1. The number of nitrogens with zero attached hydrogens (tertiary/aromatic N) is 1. The fraction of sp³-hybridized carbons (Fsp3) is 0.800. The number of rotatable bonds is 4. The normalized spacial score (nSPS) is 24.4. The number of amides is 1. The fourth-order valence-corrected chi connectivity index (χ4v) is 1.86. The summed E-state index contributed by atoms with van der Waals surface area (Å²) in [6.45, 7) is -1.57. The van der Waals surface area contributed by atoms with E-state index in [2.05, 4.69) is 11.4 Å². The molecule has 7 heteroatoms. The molecule has 4 nitrogen and oxygen atoms in total. The van der Waals surface area contributed by atoms with Crippen molar-refractivity contribution in [3.05, 3.63) is 0 Å². The van der Waals surface area contributed by atoms with Crippen molar-refractivity contribution in [1.29, 1.82) is 5.26 Å². The number of carbonyl (C=O) groups is 1. The number of carbonyl (C=O) groups excluding carboxylic acids is 1. The number of hydrogen-bond acceptors (Lipinski definition) is 3. The summed E-state index contributed by atoms with van der Waals surface area (Å²) in [6.07, 6.45) is -2.01. The molecule has 1 aliphatic carbocycles. The van der Waals surface area contributed by atoms with Crippen LogP contribution in [0.5, 0.6) is 0 Å². The van der Waals surface area contributed by atoms with Gasteiger partial charge < -0.3 is 10.6 Å². The Morgan fingerprint density at radius 1 is 1.41 bits per heavy atom. The van der Waals surface area contributed by atoms with E-state index in [1.807, 2.05) is 5.32 Å². The van der Waals surface area contributed by atoms with Crippen LogP contribution in [0.25, 0.3) is 0 Å². The van der Waals surface area contributed by atoms with Gasteiger partial charge in [-0.25, -0.2) is 0 Å². The van der Waals surface area contributed by atoms with Gasteiger partial charge in [-0.3, -0.25) is 4.79 Å².